The predicted octanol–water partition coefficient (Wildman–Crippen LogP) is 2.09. The highest BCUT2D eigenvalue weighted by Gasteiger charge is 2.32. The Labute approximate surface area is 101 Å². The van der Waals surface area contributed by atoms with E-state index in [0.717, 1.165) is 19.4 Å². The molecule has 5 nitrogen and oxygen atoms in total. The van der Waals surface area contributed by atoms with Gasteiger partial charge >= 0.3 is 0 Å². The first-order valence-corrected chi connectivity index (χ1v) is 6.17. The molecule has 1 aliphatic heterocycles. The van der Waals surface area contributed by atoms with E-state index in [1.807, 2.05) is 4.90 Å². The molecule has 1 atom stereocenters. The number of carbonyl (C=O) groups is 1. The molecule has 0 unspecified atom stereocenters. The van der Waals surface area contributed by atoms with Crippen LogP contribution < -0.4 is 0 Å². The third-order valence-electron chi connectivity index (χ3n) is 3.00. The number of hydrogen-bond donors (Lipinski definition) is 0. The van der Waals surface area contributed by atoms with Crippen LogP contribution in [0, 0.1) is 12.8 Å². The molecule has 1 amide bonds. The molecule has 2 rings (SSSR count). The highest BCUT2D eigenvalue weighted by Crippen LogP contribution is 2.31. The molecule has 1 aromatic rings. The van der Waals surface area contributed by atoms with Gasteiger partial charge in [-0.1, -0.05) is 19.0 Å². The maximum atomic E-state index is 12.1. The molecule has 0 radical (unpaired) electrons. The molecule has 1 aromatic heterocycles. The lowest BCUT2D eigenvalue weighted by Crippen LogP contribution is -2.31. The van der Waals surface area contributed by atoms with Crippen molar-refractivity contribution in [2.45, 2.75) is 46.1 Å². The predicted molar refractivity (Wildman–Crippen MR) is 62.2 cm³/mol. The average Bonchev–Trinajstić information content (AvgIpc) is 2.83. The van der Waals surface area contributed by atoms with Gasteiger partial charge in [0.25, 0.3) is 0 Å². The maximum absolute atomic E-state index is 12.1. The first kappa shape index (κ1) is 12.1. The molecule has 0 spiro atoms. The second-order valence-corrected chi connectivity index (χ2v) is 5.01. The minimum Gasteiger partial charge on any atom is -0.340 e. The van der Waals surface area contributed by atoms with E-state index in [9.17, 15) is 4.79 Å². The van der Waals surface area contributed by atoms with Gasteiger partial charge < -0.3 is 9.42 Å². The van der Waals surface area contributed by atoms with Gasteiger partial charge in [-0.3, -0.25) is 4.79 Å². The topological polar surface area (TPSA) is 59.2 Å². The Balaban J connectivity index is 2.09. The van der Waals surface area contributed by atoms with Crippen molar-refractivity contribution in [3.63, 3.8) is 0 Å². The van der Waals surface area contributed by atoms with Crippen molar-refractivity contribution >= 4 is 5.91 Å². The minimum atomic E-state index is 0.0127. The van der Waals surface area contributed by atoms with E-state index >= 15 is 0 Å². The van der Waals surface area contributed by atoms with E-state index < -0.39 is 0 Å². The lowest BCUT2D eigenvalue weighted by Gasteiger charge is -2.23. The molecule has 2 heterocycles. The van der Waals surface area contributed by atoms with Crippen LogP contribution in [0.3, 0.4) is 0 Å². The van der Waals surface area contributed by atoms with Crippen LogP contribution in [0.1, 0.15) is 50.9 Å². The maximum Gasteiger partial charge on any atom is 0.223 e. The van der Waals surface area contributed by atoms with Crippen LogP contribution in [-0.4, -0.2) is 27.5 Å². The second-order valence-electron chi connectivity index (χ2n) is 5.01. The molecule has 1 aliphatic rings. The van der Waals surface area contributed by atoms with Gasteiger partial charge in [0, 0.05) is 19.9 Å². The third-order valence-corrected chi connectivity index (χ3v) is 3.00. The first-order chi connectivity index (χ1) is 8.08. The summed E-state index contributed by atoms with van der Waals surface area (Å²) in [7, 11) is 0. The Kier molecular flexibility index (Phi) is 3.45. The van der Waals surface area contributed by atoms with E-state index in [1.165, 1.54) is 0 Å². The number of hydrogen-bond acceptors (Lipinski definition) is 4. The summed E-state index contributed by atoms with van der Waals surface area (Å²) in [5.74, 6) is 1.79. The van der Waals surface area contributed by atoms with Gasteiger partial charge in [0.05, 0.1) is 6.04 Å². The molecule has 0 N–H and O–H groups in total. The smallest absolute Gasteiger partial charge is 0.223 e. The average molecular weight is 237 g/mol. The number of aryl methyl sites for hydroxylation is 1. The molecular formula is C12H19N3O2. The van der Waals surface area contributed by atoms with Crippen molar-refractivity contribution in [1.29, 1.82) is 0 Å². The van der Waals surface area contributed by atoms with Crippen molar-refractivity contribution < 1.29 is 9.32 Å². The zero-order chi connectivity index (χ0) is 12.4. The zero-order valence-electron chi connectivity index (χ0n) is 10.6. The van der Waals surface area contributed by atoms with E-state index in [1.54, 1.807) is 6.92 Å². The van der Waals surface area contributed by atoms with Crippen molar-refractivity contribution in [1.82, 2.24) is 15.0 Å². The minimum absolute atomic E-state index is 0.0127. The van der Waals surface area contributed by atoms with Gasteiger partial charge in [-0.25, -0.2) is 0 Å². The van der Waals surface area contributed by atoms with E-state index in [2.05, 4.69) is 24.0 Å². The van der Waals surface area contributed by atoms with Gasteiger partial charge in [0.1, 0.15) is 0 Å². The largest absolute Gasteiger partial charge is 0.340 e. The van der Waals surface area contributed by atoms with Crippen molar-refractivity contribution in [3.05, 3.63) is 11.7 Å². The number of carbonyl (C=O) groups excluding carboxylic acids is 1. The molecule has 5 heteroatoms. The van der Waals surface area contributed by atoms with Gasteiger partial charge in [-0.05, 0) is 18.8 Å². The van der Waals surface area contributed by atoms with Gasteiger partial charge in [-0.15, -0.1) is 0 Å². The van der Waals surface area contributed by atoms with Gasteiger partial charge in [0.15, 0.2) is 5.82 Å². The van der Waals surface area contributed by atoms with Crippen molar-refractivity contribution in [3.8, 4) is 0 Å². The van der Waals surface area contributed by atoms with Gasteiger partial charge in [0.2, 0.25) is 11.8 Å². The number of likely N-dealkylation sites (tertiary alicyclic amines) is 1. The number of rotatable bonds is 3. The van der Waals surface area contributed by atoms with Crippen molar-refractivity contribution in [2.75, 3.05) is 6.54 Å². The molecule has 17 heavy (non-hydrogen) atoms. The summed E-state index contributed by atoms with van der Waals surface area (Å²) in [6, 6.07) is 0.0127. The fraction of sp³-hybridized carbons (Fsp3) is 0.750. The number of amides is 1. The van der Waals surface area contributed by atoms with Crippen LogP contribution in [0.15, 0.2) is 4.52 Å². The fourth-order valence-electron chi connectivity index (χ4n) is 2.25. The summed E-state index contributed by atoms with van der Waals surface area (Å²) in [5.41, 5.74) is 0. The Morgan fingerprint density at radius 1 is 1.59 bits per heavy atom. The van der Waals surface area contributed by atoms with Crippen LogP contribution in [0.5, 0.6) is 0 Å². The summed E-state index contributed by atoms with van der Waals surface area (Å²) in [6.07, 6.45) is 2.54. The lowest BCUT2D eigenvalue weighted by molar-refractivity contribution is -0.133. The molecule has 1 saturated heterocycles. The molecule has 94 valence electrons. The van der Waals surface area contributed by atoms with Crippen LogP contribution in [0.2, 0.25) is 0 Å². The second kappa shape index (κ2) is 4.85. The summed E-state index contributed by atoms with van der Waals surface area (Å²) in [4.78, 5) is 18.2. The lowest BCUT2D eigenvalue weighted by atomic mass is 10.1. The molecule has 0 aliphatic carbocycles. The Bertz CT molecular complexity index is 400. The monoisotopic (exact) mass is 237 g/mol. The van der Waals surface area contributed by atoms with E-state index in [4.69, 9.17) is 4.52 Å². The van der Waals surface area contributed by atoms with Crippen LogP contribution >= 0.6 is 0 Å². The quantitative estimate of drug-likeness (QED) is 0.807. The SMILES string of the molecule is Cc1nc([C@@H]2CCCN2C(=O)CC(C)C)no1. The Hall–Kier alpha value is -1.39. The standard InChI is InChI=1S/C12H19N3O2/c1-8(2)7-11(16)15-6-4-5-10(15)12-13-9(3)17-14-12/h8,10H,4-7H2,1-3H3/t10-/m0/s1. The number of nitrogens with zero attached hydrogens (tertiary/aromatic N) is 3. The van der Waals surface area contributed by atoms with Crippen LogP contribution in [-0.2, 0) is 4.79 Å². The molecule has 1 fully saturated rings. The summed E-state index contributed by atoms with van der Waals surface area (Å²) >= 11 is 0. The fourth-order valence-corrected chi connectivity index (χ4v) is 2.25. The number of aromatic nitrogens is 2. The molecule has 0 saturated carbocycles. The summed E-state index contributed by atoms with van der Waals surface area (Å²) < 4.78 is 4.99. The van der Waals surface area contributed by atoms with Gasteiger partial charge in [-0.2, -0.15) is 4.98 Å². The molecule has 0 bridgehead atoms. The first-order valence-electron chi connectivity index (χ1n) is 6.17. The normalized spacial score (nSPS) is 20.2. The molecular weight excluding hydrogens is 218 g/mol. The van der Waals surface area contributed by atoms with Crippen LogP contribution in [0.4, 0.5) is 0 Å². The van der Waals surface area contributed by atoms with E-state index in [-0.39, 0.29) is 11.9 Å². The summed E-state index contributed by atoms with van der Waals surface area (Å²) in [6.45, 7) is 6.69. The Morgan fingerprint density at radius 2 is 2.35 bits per heavy atom. The van der Waals surface area contributed by atoms with Crippen molar-refractivity contribution in [2.24, 2.45) is 5.92 Å². The Morgan fingerprint density at radius 3 is 2.94 bits per heavy atom. The molecule has 0 aromatic carbocycles. The zero-order valence-corrected chi connectivity index (χ0v) is 10.6. The van der Waals surface area contributed by atoms with E-state index in [0.29, 0.717) is 24.1 Å². The third kappa shape index (κ3) is 2.65. The summed E-state index contributed by atoms with van der Waals surface area (Å²) in [5, 5.41) is 3.93. The highest BCUT2D eigenvalue weighted by molar-refractivity contribution is 5.77. The highest BCUT2D eigenvalue weighted by atomic mass is 16.5. The van der Waals surface area contributed by atoms with Crippen LogP contribution in [0.25, 0.3) is 0 Å².